The SMILES string of the molecule is CC=Cc1cn[nH]c1C. The number of allylic oxidation sites excluding steroid dienone is 1. The minimum absolute atomic E-state index is 1.12. The van der Waals surface area contributed by atoms with Gasteiger partial charge < -0.3 is 0 Å². The quantitative estimate of drug-likeness (QED) is 0.604. The fourth-order valence-corrected chi connectivity index (χ4v) is 0.708. The van der Waals surface area contributed by atoms with E-state index in [1.165, 1.54) is 0 Å². The zero-order chi connectivity index (χ0) is 6.69. The molecule has 1 rings (SSSR count). The van der Waals surface area contributed by atoms with Crippen molar-refractivity contribution in [2.45, 2.75) is 13.8 Å². The van der Waals surface area contributed by atoms with Crippen LogP contribution in [0.4, 0.5) is 0 Å². The third-order valence-corrected chi connectivity index (χ3v) is 1.22. The maximum atomic E-state index is 3.86. The normalized spacial score (nSPS) is 10.9. The van der Waals surface area contributed by atoms with E-state index in [2.05, 4.69) is 10.2 Å². The second-order valence-electron chi connectivity index (χ2n) is 1.95. The Morgan fingerprint density at radius 2 is 2.44 bits per heavy atom. The number of H-pyrrole nitrogens is 1. The highest BCUT2D eigenvalue weighted by Gasteiger charge is 1.91. The number of hydrogen-bond acceptors (Lipinski definition) is 1. The lowest BCUT2D eigenvalue weighted by atomic mass is 10.2. The van der Waals surface area contributed by atoms with Gasteiger partial charge in [-0.2, -0.15) is 5.10 Å². The van der Waals surface area contributed by atoms with Crippen LogP contribution in [0.25, 0.3) is 6.08 Å². The number of nitrogens with zero attached hydrogens (tertiary/aromatic N) is 1. The molecule has 0 aliphatic rings. The van der Waals surface area contributed by atoms with E-state index in [-0.39, 0.29) is 0 Å². The van der Waals surface area contributed by atoms with Gasteiger partial charge in [-0.1, -0.05) is 12.2 Å². The summed E-state index contributed by atoms with van der Waals surface area (Å²) in [4.78, 5) is 0. The molecule has 0 atom stereocenters. The molecule has 0 saturated heterocycles. The van der Waals surface area contributed by atoms with Crippen molar-refractivity contribution >= 4 is 6.08 Å². The average molecular weight is 122 g/mol. The van der Waals surface area contributed by atoms with E-state index in [9.17, 15) is 0 Å². The molecule has 0 radical (unpaired) electrons. The smallest absolute Gasteiger partial charge is 0.0562 e. The van der Waals surface area contributed by atoms with Crippen molar-refractivity contribution in [1.29, 1.82) is 0 Å². The second-order valence-corrected chi connectivity index (χ2v) is 1.95. The molecule has 48 valence electrons. The fraction of sp³-hybridized carbons (Fsp3) is 0.286. The van der Waals surface area contributed by atoms with Crippen molar-refractivity contribution in [2.24, 2.45) is 0 Å². The molecule has 0 fully saturated rings. The first-order valence-electron chi connectivity index (χ1n) is 2.97. The number of aryl methyl sites for hydroxylation is 1. The van der Waals surface area contributed by atoms with E-state index in [4.69, 9.17) is 0 Å². The van der Waals surface area contributed by atoms with Gasteiger partial charge >= 0.3 is 0 Å². The summed E-state index contributed by atoms with van der Waals surface area (Å²) >= 11 is 0. The standard InChI is InChI=1S/C7H10N2/c1-3-4-7-5-8-9-6(7)2/h3-5H,1-2H3,(H,8,9). The van der Waals surface area contributed by atoms with Gasteiger partial charge in [-0.25, -0.2) is 0 Å². The second kappa shape index (κ2) is 2.49. The van der Waals surface area contributed by atoms with Gasteiger partial charge in [0.25, 0.3) is 0 Å². The zero-order valence-corrected chi connectivity index (χ0v) is 5.68. The molecule has 0 aromatic carbocycles. The molecule has 0 saturated carbocycles. The Balaban J connectivity index is 2.94. The number of aromatic nitrogens is 2. The summed E-state index contributed by atoms with van der Waals surface area (Å²) in [5.41, 5.74) is 2.28. The monoisotopic (exact) mass is 122 g/mol. The number of hydrogen-bond donors (Lipinski definition) is 1. The molecule has 2 nitrogen and oxygen atoms in total. The topological polar surface area (TPSA) is 28.7 Å². The van der Waals surface area contributed by atoms with Gasteiger partial charge in [0, 0.05) is 11.3 Å². The molecule has 0 spiro atoms. The lowest BCUT2D eigenvalue weighted by molar-refractivity contribution is 1.05. The number of rotatable bonds is 1. The lowest BCUT2D eigenvalue weighted by Gasteiger charge is -1.83. The highest BCUT2D eigenvalue weighted by atomic mass is 15.1. The fourth-order valence-electron chi connectivity index (χ4n) is 0.708. The Kier molecular flexibility index (Phi) is 1.68. The maximum Gasteiger partial charge on any atom is 0.0562 e. The Morgan fingerprint density at radius 3 is 2.89 bits per heavy atom. The summed E-state index contributed by atoms with van der Waals surface area (Å²) in [5.74, 6) is 0. The summed E-state index contributed by atoms with van der Waals surface area (Å²) in [6.45, 7) is 3.99. The summed E-state index contributed by atoms with van der Waals surface area (Å²) in [6, 6.07) is 0. The van der Waals surface area contributed by atoms with Crippen molar-refractivity contribution in [1.82, 2.24) is 10.2 Å². The van der Waals surface area contributed by atoms with Crippen LogP contribution in [0.5, 0.6) is 0 Å². The number of nitrogens with one attached hydrogen (secondary N) is 1. The van der Waals surface area contributed by atoms with Crippen LogP contribution < -0.4 is 0 Å². The Hall–Kier alpha value is -1.05. The number of aromatic amines is 1. The summed E-state index contributed by atoms with van der Waals surface area (Å²) in [5, 5.41) is 6.72. The minimum Gasteiger partial charge on any atom is -0.282 e. The Labute approximate surface area is 54.6 Å². The maximum absolute atomic E-state index is 3.86. The van der Waals surface area contributed by atoms with E-state index in [1.807, 2.05) is 32.2 Å². The van der Waals surface area contributed by atoms with Crippen LogP contribution in [0.3, 0.4) is 0 Å². The molecule has 0 bridgehead atoms. The van der Waals surface area contributed by atoms with Crippen LogP contribution in [0, 0.1) is 6.92 Å². The van der Waals surface area contributed by atoms with Crippen LogP contribution in [0.15, 0.2) is 12.3 Å². The average Bonchev–Trinajstić information content (AvgIpc) is 2.18. The lowest BCUT2D eigenvalue weighted by Crippen LogP contribution is -1.71. The molecule has 0 aliphatic heterocycles. The largest absolute Gasteiger partial charge is 0.282 e. The molecular formula is C7H10N2. The molecule has 1 aromatic rings. The highest BCUT2D eigenvalue weighted by Crippen LogP contribution is 2.03. The van der Waals surface area contributed by atoms with E-state index in [0.717, 1.165) is 11.3 Å². The molecule has 0 amide bonds. The van der Waals surface area contributed by atoms with Gasteiger partial charge in [-0.05, 0) is 13.8 Å². The summed E-state index contributed by atoms with van der Waals surface area (Å²) in [7, 11) is 0. The first-order chi connectivity index (χ1) is 4.34. The van der Waals surface area contributed by atoms with Crippen LogP contribution in [0.1, 0.15) is 18.2 Å². The zero-order valence-electron chi connectivity index (χ0n) is 5.68. The van der Waals surface area contributed by atoms with Gasteiger partial charge in [0.15, 0.2) is 0 Å². The predicted octanol–water partition coefficient (Wildman–Crippen LogP) is 1.75. The van der Waals surface area contributed by atoms with Crippen LogP contribution in [0.2, 0.25) is 0 Å². The van der Waals surface area contributed by atoms with Crippen LogP contribution in [-0.2, 0) is 0 Å². The van der Waals surface area contributed by atoms with Gasteiger partial charge in [-0.3, -0.25) is 5.10 Å². The molecule has 0 unspecified atom stereocenters. The molecule has 9 heavy (non-hydrogen) atoms. The van der Waals surface area contributed by atoms with E-state index >= 15 is 0 Å². The van der Waals surface area contributed by atoms with Crippen molar-refractivity contribution in [3.05, 3.63) is 23.5 Å². The predicted molar refractivity (Wildman–Crippen MR) is 38.0 cm³/mol. The summed E-state index contributed by atoms with van der Waals surface area (Å²) in [6.07, 6.45) is 5.84. The van der Waals surface area contributed by atoms with E-state index in [1.54, 1.807) is 0 Å². The van der Waals surface area contributed by atoms with Crippen molar-refractivity contribution in [3.63, 3.8) is 0 Å². The Morgan fingerprint density at radius 1 is 1.67 bits per heavy atom. The van der Waals surface area contributed by atoms with E-state index in [0.29, 0.717) is 0 Å². The first-order valence-corrected chi connectivity index (χ1v) is 2.97. The van der Waals surface area contributed by atoms with Crippen molar-refractivity contribution in [2.75, 3.05) is 0 Å². The highest BCUT2D eigenvalue weighted by molar-refractivity contribution is 5.49. The molecule has 1 N–H and O–H groups in total. The van der Waals surface area contributed by atoms with Gasteiger partial charge in [0.1, 0.15) is 0 Å². The molecule has 1 aromatic heterocycles. The Bertz CT molecular complexity index is 210. The minimum atomic E-state index is 1.12. The third-order valence-electron chi connectivity index (χ3n) is 1.22. The van der Waals surface area contributed by atoms with Crippen LogP contribution >= 0.6 is 0 Å². The summed E-state index contributed by atoms with van der Waals surface area (Å²) < 4.78 is 0. The van der Waals surface area contributed by atoms with Gasteiger partial charge in [0.2, 0.25) is 0 Å². The third kappa shape index (κ3) is 1.19. The molecular weight excluding hydrogens is 112 g/mol. The van der Waals surface area contributed by atoms with Crippen LogP contribution in [-0.4, -0.2) is 10.2 Å². The van der Waals surface area contributed by atoms with Crippen molar-refractivity contribution < 1.29 is 0 Å². The van der Waals surface area contributed by atoms with Gasteiger partial charge in [-0.15, -0.1) is 0 Å². The van der Waals surface area contributed by atoms with E-state index < -0.39 is 0 Å². The molecule has 1 heterocycles. The first kappa shape index (κ1) is 6.08. The molecule has 2 heteroatoms. The van der Waals surface area contributed by atoms with Crippen molar-refractivity contribution in [3.8, 4) is 0 Å². The molecule has 0 aliphatic carbocycles. The van der Waals surface area contributed by atoms with Gasteiger partial charge in [0.05, 0.1) is 6.20 Å².